The van der Waals surface area contributed by atoms with Crippen LogP contribution < -0.4 is 5.32 Å². The van der Waals surface area contributed by atoms with E-state index in [2.05, 4.69) is 20.0 Å². The monoisotopic (exact) mass is 329 g/mol. The van der Waals surface area contributed by atoms with Gasteiger partial charge in [0.1, 0.15) is 5.76 Å². The number of hydrogen-bond acceptors (Lipinski definition) is 5. The zero-order valence-corrected chi connectivity index (χ0v) is 13.1. The van der Waals surface area contributed by atoms with Crippen LogP contribution in [0.25, 0.3) is 0 Å². The summed E-state index contributed by atoms with van der Waals surface area (Å²) in [5.74, 6) is 1.82. The third-order valence-electron chi connectivity index (χ3n) is 3.55. The Bertz CT molecular complexity index is 799. The Balaban J connectivity index is 1.36. The summed E-state index contributed by atoms with van der Waals surface area (Å²) in [4.78, 5) is 16.6. The van der Waals surface area contributed by atoms with Crippen LogP contribution in [0.1, 0.15) is 22.0 Å². The predicted molar refractivity (Wildman–Crippen MR) is 84.2 cm³/mol. The van der Waals surface area contributed by atoms with E-state index in [-0.39, 0.29) is 5.91 Å². The minimum atomic E-state index is -0.238. The van der Waals surface area contributed by atoms with Crippen LogP contribution in [0.3, 0.4) is 0 Å². The maximum atomic E-state index is 12.1. The minimum absolute atomic E-state index is 0.238. The first-order valence-corrected chi connectivity index (χ1v) is 8.30. The lowest BCUT2D eigenvalue weighted by atomic mass is 10.4. The number of imidazole rings is 1. The maximum Gasteiger partial charge on any atom is 0.287 e. The number of amides is 1. The van der Waals surface area contributed by atoms with E-state index in [4.69, 9.17) is 4.42 Å². The zero-order chi connectivity index (χ0) is 15.6. The Labute approximate surface area is 136 Å². The molecule has 1 N–H and O–H groups in total. The highest BCUT2D eigenvalue weighted by Gasteiger charge is 2.16. The summed E-state index contributed by atoms with van der Waals surface area (Å²) in [6.45, 7) is 1.88. The Morgan fingerprint density at radius 1 is 1.43 bits per heavy atom. The van der Waals surface area contributed by atoms with E-state index in [1.807, 2.05) is 18.5 Å². The summed E-state index contributed by atoms with van der Waals surface area (Å²) in [5, 5.41) is 7.97. The van der Waals surface area contributed by atoms with Crippen molar-refractivity contribution >= 4 is 17.7 Å². The number of fused-ring (bicyclic) bond motifs is 1. The number of thioether (sulfide) groups is 1. The zero-order valence-electron chi connectivity index (χ0n) is 12.3. The molecule has 0 unspecified atom stereocenters. The van der Waals surface area contributed by atoms with Crippen molar-refractivity contribution in [2.24, 2.45) is 0 Å². The second-order valence-corrected chi connectivity index (χ2v) is 6.27. The van der Waals surface area contributed by atoms with Crippen LogP contribution in [0.2, 0.25) is 0 Å². The lowest BCUT2D eigenvalue weighted by molar-refractivity contribution is 0.0920. The van der Waals surface area contributed by atoms with E-state index < -0.39 is 0 Å². The molecule has 0 aromatic carbocycles. The second kappa shape index (κ2) is 5.96. The molecule has 0 saturated heterocycles. The number of carbonyl (C=O) groups excluding carboxylic acids is 1. The molecule has 3 aromatic heterocycles. The number of hydrogen-bond donors (Lipinski definition) is 1. The van der Waals surface area contributed by atoms with Crippen molar-refractivity contribution in [3.63, 3.8) is 0 Å². The quantitative estimate of drug-likeness (QED) is 0.772. The SMILES string of the molecule is O=C(NCc1cn2c(n1)SCC2)c1ccc(Cn2cccn2)o1. The molecule has 1 aliphatic heterocycles. The van der Waals surface area contributed by atoms with Gasteiger partial charge in [0.25, 0.3) is 5.91 Å². The van der Waals surface area contributed by atoms with E-state index in [9.17, 15) is 4.79 Å². The lowest BCUT2D eigenvalue weighted by Crippen LogP contribution is -2.22. The minimum Gasteiger partial charge on any atom is -0.454 e. The molecule has 1 aliphatic rings. The van der Waals surface area contributed by atoms with Gasteiger partial charge in [-0.05, 0) is 18.2 Å². The number of aromatic nitrogens is 4. The number of furan rings is 1. The van der Waals surface area contributed by atoms with Crippen molar-refractivity contribution in [1.82, 2.24) is 24.6 Å². The van der Waals surface area contributed by atoms with Crippen LogP contribution in [0.5, 0.6) is 0 Å². The summed E-state index contributed by atoms with van der Waals surface area (Å²) >= 11 is 1.74. The normalized spacial score (nSPS) is 13.2. The first-order valence-electron chi connectivity index (χ1n) is 7.31. The molecular formula is C15H15N5O2S. The van der Waals surface area contributed by atoms with Gasteiger partial charge in [-0.2, -0.15) is 5.10 Å². The number of nitrogens with one attached hydrogen (secondary N) is 1. The molecule has 0 spiro atoms. The van der Waals surface area contributed by atoms with E-state index in [1.165, 1.54) is 0 Å². The fourth-order valence-corrected chi connectivity index (χ4v) is 3.41. The molecule has 0 atom stereocenters. The predicted octanol–water partition coefficient (Wildman–Crippen LogP) is 1.76. The molecule has 4 heterocycles. The Kier molecular flexibility index (Phi) is 3.66. The summed E-state index contributed by atoms with van der Waals surface area (Å²) in [5.41, 5.74) is 0.865. The third-order valence-corrected chi connectivity index (χ3v) is 4.52. The van der Waals surface area contributed by atoms with Gasteiger partial charge in [-0.1, -0.05) is 11.8 Å². The Hall–Kier alpha value is -2.48. The molecule has 4 rings (SSSR count). The molecule has 1 amide bonds. The number of rotatable bonds is 5. The highest BCUT2D eigenvalue weighted by Crippen LogP contribution is 2.24. The van der Waals surface area contributed by atoms with Crippen molar-refractivity contribution in [1.29, 1.82) is 0 Å². The fourth-order valence-electron chi connectivity index (χ4n) is 2.44. The lowest BCUT2D eigenvalue weighted by Gasteiger charge is -2.01. The van der Waals surface area contributed by atoms with Gasteiger partial charge in [0.05, 0.1) is 18.8 Å². The standard InChI is InChI=1S/C15H15N5O2S/c21-14(16-8-11-9-19-6-7-23-15(19)18-11)13-3-2-12(22-13)10-20-5-1-4-17-20/h1-5,9H,6-8,10H2,(H,16,21). The first kappa shape index (κ1) is 14.1. The van der Waals surface area contributed by atoms with Crippen LogP contribution in [-0.4, -0.2) is 31.0 Å². The molecule has 0 radical (unpaired) electrons. The molecule has 23 heavy (non-hydrogen) atoms. The van der Waals surface area contributed by atoms with Crippen molar-refractivity contribution in [2.75, 3.05) is 5.75 Å². The van der Waals surface area contributed by atoms with Gasteiger partial charge in [0.2, 0.25) is 0 Å². The van der Waals surface area contributed by atoms with Gasteiger partial charge in [-0.15, -0.1) is 0 Å². The molecule has 0 fully saturated rings. The van der Waals surface area contributed by atoms with Crippen LogP contribution in [0.4, 0.5) is 0 Å². The molecule has 0 saturated carbocycles. The van der Waals surface area contributed by atoms with Gasteiger partial charge < -0.3 is 14.3 Å². The largest absolute Gasteiger partial charge is 0.454 e. The van der Waals surface area contributed by atoms with E-state index in [0.717, 1.165) is 23.1 Å². The molecule has 0 aliphatic carbocycles. The van der Waals surface area contributed by atoms with Crippen molar-refractivity contribution in [3.05, 3.63) is 54.0 Å². The number of aryl methyl sites for hydroxylation is 1. The first-order chi connectivity index (χ1) is 11.3. The molecule has 0 bridgehead atoms. The molecule has 8 heteroatoms. The van der Waals surface area contributed by atoms with Crippen LogP contribution in [0, 0.1) is 0 Å². The number of nitrogens with zero attached hydrogens (tertiary/aromatic N) is 4. The van der Waals surface area contributed by atoms with Gasteiger partial charge in [0, 0.05) is 30.9 Å². The van der Waals surface area contributed by atoms with Crippen LogP contribution in [-0.2, 0) is 19.6 Å². The van der Waals surface area contributed by atoms with E-state index in [0.29, 0.717) is 24.6 Å². The van der Waals surface area contributed by atoms with Crippen molar-refractivity contribution < 1.29 is 9.21 Å². The van der Waals surface area contributed by atoms with Gasteiger partial charge in [0.15, 0.2) is 10.9 Å². The second-order valence-electron chi connectivity index (χ2n) is 5.21. The molecule has 3 aromatic rings. The summed E-state index contributed by atoms with van der Waals surface area (Å²) in [7, 11) is 0. The number of carbonyl (C=O) groups is 1. The van der Waals surface area contributed by atoms with Crippen molar-refractivity contribution in [3.8, 4) is 0 Å². The molecular weight excluding hydrogens is 314 g/mol. The summed E-state index contributed by atoms with van der Waals surface area (Å²) < 4.78 is 9.42. The smallest absolute Gasteiger partial charge is 0.287 e. The highest BCUT2D eigenvalue weighted by atomic mass is 32.2. The van der Waals surface area contributed by atoms with Gasteiger partial charge in [-0.25, -0.2) is 4.98 Å². The summed E-state index contributed by atoms with van der Waals surface area (Å²) in [6, 6.07) is 5.31. The molecule has 118 valence electrons. The Morgan fingerprint density at radius 3 is 3.22 bits per heavy atom. The summed E-state index contributed by atoms with van der Waals surface area (Å²) in [6.07, 6.45) is 5.54. The maximum absolute atomic E-state index is 12.1. The van der Waals surface area contributed by atoms with Gasteiger partial charge in [-0.3, -0.25) is 9.48 Å². The average Bonchev–Trinajstić information content (AvgIpc) is 3.29. The molecule has 7 nitrogen and oxygen atoms in total. The topological polar surface area (TPSA) is 77.9 Å². The fraction of sp³-hybridized carbons (Fsp3) is 0.267. The third kappa shape index (κ3) is 3.02. The Morgan fingerprint density at radius 2 is 2.39 bits per heavy atom. The van der Waals surface area contributed by atoms with E-state index in [1.54, 1.807) is 34.8 Å². The van der Waals surface area contributed by atoms with Crippen LogP contribution >= 0.6 is 11.8 Å². The highest BCUT2D eigenvalue weighted by molar-refractivity contribution is 7.99. The average molecular weight is 329 g/mol. The van der Waals surface area contributed by atoms with Crippen LogP contribution in [0.15, 0.2) is 46.4 Å². The van der Waals surface area contributed by atoms with Gasteiger partial charge >= 0.3 is 0 Å². The van der Waals surface area contributed by atoms with Crippen molar-refractivity contribution in [2.45, 2.75) is 24.8 Å². The van der Waals surface area contributed by atoms with E-state index >= 15 is 0 Å².